The van der Waals surface area contributed by atoms with Crippen molar-refractivity contribution >= 4 is 0 Å². The summed E-state index contributed by atoms with van der Waals surface area (Å²) in [5.41, 5.74) is 3.75. The molecule has 0 aliphatic carbocycles. The summed E-state index contributed by atoms with van der Waals surface area (Å²) < 4.78 is 0. The highest BCUT2D eigenvalue weighted by Crippen LogP contribution is 2.33. The monoisotopic (exact) mass is 266 g/mol. The van der Waals surface area contributed by atoms with Crippen molar-refractivity contribution in [3.8, 4) is 34.0 Å². The number of rotatable bonds is 2. The molecule has 1 aromatic heterocycles. The third-order valence-corrected chi connectivity index (χ3v) is 3.20. The van der Waals surface area contributed by atoms with Crippen molar-refractivity contribution in [2.75, 3.05) is 0 Å². The molecule has 1 heterocycles. The van der Waals surface area contributed by atoms with Gasteiger partial charge >= 0.3 is 0 Å². The van der Waals surface area contributed by atoms with Gasteiger partial charge in [0.1, 0.15) is 11.5 Å². The summed E-state index contributed by atoms with van der Waals surface area (Å²) in [6.07, 6.45) is 0. The molecule has 0 saturated heterocycles. The summed E-state index contributed by atoms with van der Waals surface area (Å²) >= 11 is 0. The number of hydrogen-bond donors (Lipinski definition) is 3. The summed E-state index contributed by atoms with van der Waals surface area (Å²) in [4.78, 5) is 0. The Kier molecular flexibility index (Phi) is 2.91. The molecule has 0 unspecified atom stereocenters. The third kappa shape index (κ3) is 2.12. The number of nitrogens with zero attached hydrogens (tertiary/aromatic N) is 1. The summed E-state index contributed by atoms with van der Waals surface area (Å²) in [6.45, 7) is 1.96. The Morgan fingerprint density at radius 3 is 2.45 bits per heavy atom. The fourth-order valence-electron chi connectivity index (χ4n) is 2.15. The number of H-pyrrole nitrogens is 1. The number of aromatic amines is 1. The summed E-state index contributed by atoms with van der Waals surface area (Å²) in [5, 5.41) is 26.9. The standard InChI is InChI=1S/C16H14N2O2/c1-10-6-7-16(20)12(8-10)14-9-13(17-18-14)11-4-2-3-5-15(11)19/h2-9,19-20H,1H3,(H,17,18). The van der Waals surface area contributed by atoms with Crippen molar-refractivity contribution in [1.29, 1.82) is 0 Å². The van der Waals surface area contributed by atoms with Crippen LogP contribution in [0, 0.1) is 6.92 Å². The zero-order valence-corrected chi connectivity index (χ0v) is 11.0. The molecule has 2 aromatic carbocycles. The van der Waals surface area contributed by atoms with Gasteiger partial charge in [-0.2, -0.15) is 5.10 Å². The number of aryl methyl sites for hydroxylation is 1. The van der Waals surface area contributed by atoms with E-state index in [1.807, 2.05) is 31.2 Å². The second-order valence-corrected chi connectivity index (χ2v) is 4.70. The molecule has 0 saturated carbocycles. The van der Waals surface area contributed by atoms with E-state index >= 15 is 0 Å². The zero-order valence-electron chi connectivity index (χ0n) is 11.0. The van der Waals surface area contributed by atoms with Crippen LogP contribution in [0.4, 0.5) is 0 Å². The highest BCUT2D eigenvalue weighted by atomic mass is 16.3. The summed E-state index contributed by atoms with van der Waals surface area (Å²) in [7, 11) is 0. The average Bonchev–Trinajstić information content (AvgIpc) is 2.91. The lowest BCUT2D eigenvalue weighted by Gasteiger charge is -2.02. The minimum Gasteiger partial charge on any atom is -0.507 e. The van der Waals surface area contributed by atoms with Crippen molar-refractivity contribution in [2.45, 2.75) is 6.92 Å². The Morgan fingerprint density at radius 2 is 1.65 bits per heavy atom. The van der Waals surface area contributed by atoms with Gasteiger partial charge in [-0.3, -0.25) is 5.10 Å². The van der Waals surface area contributed by atoms with E-state index in [0.717, 1.165) is 5.56 Å². The molecular formula is C16H14N2O2. The molecule has 3 N–H and O–H groups in total. The highest BCUT2D eigenvalue weighted by molar-refractivity contribution is 5.74. The first kappa shape index (κ1) is 12.3. The van der Waals surface area contributed by atoms with Crippen molar-refractivity contribution in [2.24, 2.45) is 0 Å². The first-order chi connectivity index (χ1) is 9.65. The van der Waals surface area contributed by atoms with E-state index in [1.165, 1.54) is 0 Å². The van der Waals surface area contributed by atoms with E-state index in [2.05, 4.69) is 10.2 Å². The zero-order chi connectivity index (χ0) is 14.1. The second-order valence-electron chi connectivity index (χ2n) is 4.70. The van der Waals surface area contributed by atoms with E-state index in [1.54, 1.807) is 24.3 Å². The van der Waals surface area contributed by atoms with Crippen LogP contribution < -0.4 is 0 Å². The van der Waals surface area contributed by atoms with Gasteiger partial charge in [0.2, 0.25) is 0 Å². The highest BCUT2D eigenvalue weighted by Gasteiger charge is 2.11. The largest absolute Gasteiger partial charge is 0.507 e. The fourth-order valence-corrected chi connectivity index (χ4v) is 2.15. The maximum atomic E-state index is 9.93. The van der Waals surface area contributed by atoms with Crippen LogP contribution in [0.3, 0.4) is 0 Å². The maximum Gasteiger partial charge on any atom is 0.125 e. The van der Waals surface area contributed by atoms with Gasteiger partial charge in [0.15, 0.2) is 0 Å². The van der Waals surface area contributed by atoms with Crippen LogP contribution in [0.1, 0.15) is 5.56 Å². The molecule has 0 aliphatic heterocycles. The van der Waals surface area contributed by atoms with Gasteiger partial charge in [-0.05, 0) is 37.3 Å². The fraction of sp³-hybridized carbons (Fsp3) is 0.0625. The Hall–Kier alpha value is -2.75. The van der Waals surface area contributed by atoms with Crippen molar-refractivity contribution < 1.29 is 10.2 Å². The number of benzene rings is 2. The first-order valence-electron chi connectivity index (χ1n) is 6.29. The topological polar surface area (TPSA) is 69.1 Å². The number of hydrogen-bond acceptors (Lipinski definition) is 3. The smallest absolute Gasteiger partial charge is 0.125 e. The van der Waals surface area contributed by atoms with Crippen molar-refractivity contribution in [1.82, 2.24) is 10.2 Å². The molecule has 0 aliphatic rings. The van der Waals surface area contributed by atoms with Crippen LogP contribution in [-0.4, -0.2) is 20.4 Å². The van der Waals surface area contributed by atoms with E-state index < -0.39 is 0 Å². The lowest BCUT2D eigenvalue weighted by Crippen LogP contribution is -1.81. The minimum absolute atomic E-state index is 0.180. The average molecular weight is 266 g/mol. The van der Waals surface area contributed by atoms with Gasteiger partial charge in [0.05, 0.1) is 11.4 Å². The molecular weight excluding hydrogens is 252 g/mol. The van der Waals surface area contributed by atoms with Gasteiger partial charge in [0, 0.05) is 11.1 Å². The summed E-state index contributed by atoms with van der Waals surface area (Å²) in [6, 6.07) is 14.2. The molecule has 0 fully saturated rings. The molecule has 4 nitrogen and oxygen atoms in total. The van der Waals surface area contributed by atoms with Gasteiger partial charge in [-0.15, -0.1) is 0 Å². The second kappa shape index (κ2) is 4.74. The van der Waals surface area contributed by atoms with Crippen molar-refractivity contribution in [3.63, 3.8) is 0 Å². The normalized spacial score (nSPS) is 10.7. The number of nitrogens with one attached hydrogen (secondary N) is 1. The molecule has 20 heavy (non-hydrogen) atoms. The molecule has 100 valence electrons. The van der Waals surface area contributed by atoms with Crippen LogP contribution in [0.5, 0.6) is 11.5 Å². The summed E-state index contributed by atoms with van der Waals surface area (Å²) in [5.74, 6) is 0.377. The Balaban J connectivity index is 2.07. The van der Waals surface area contributed by atoms with Crippen LogP contribution in [0.25, 0.3) is 22.5 Å². The lowest BCUT2D eigenvalue weighted by atomic mass is 10.1. The third-order valence-electron chi connectivity index (χ3n) is 3.20. The Labute approximate surface area is 116 Å². The Bertz CT molecular complexity index is 763. The Morgan fingerprint density at radius 1 is 0.900 bits per heavy atom. The van der Waals surface area contributed by atoms with Gasteiger partial charge < -0.3 is 10.2 Å². The van der Waals surface area contributed by atoms with Gasteiger partial charge in [-0.25, -0.2) is 0 Å². The maximum absolute atomic E-state index is 9.93. The molecule has 0 spiro atoms. The molecule has 0 amide bonds. The van der Waals surface area contributed by atoms with E-state index in [4.69, 9.17) is 0 Å². The number of aromatic nitrogens is 2. The van der Waals surface area contributed by atoms with Gasteiger partial charge in [0.25, 0.3) is 0 Å². The first-order valence-corrected chi connectivity index (χ1v) is 6.29. The SMILES string of the molecule is Cc1ccc(O)c(-c2cc(-c3ccccc3O)n[nH]2)c1. The molecule has 0 radical (unpaired) electrons. The quantitative estimate of drug-likeness (QED) is 0.665. The number of phenols is 2. The molecule has 0 bridgehead atoms. The van der Waals surface area contributed by atoms with E-state index in [9.17, 15) is 10.2 Å². The predicted molar refractivity (Wildman–Crippen MR) is 77.5 cm³/mol. The van der Waals surface area contributed by atoms with Gasteiger partial charge in [-0.1, -0.05) is 23.8 Å². The molecule has 0 atom stereocenters. The lowest BCUT2D eigenvalue weighted by molar-refractivity contribution is 0.476. The van der Waals surface area contributed by atoms with E-state index in [-0.39, 0.29) is 11.5 Å². The van der Waals surface area contributed by atoms with Crippen molar-refractivity contribution in [3.05, 3.63) is 54.1 Å². The van der Waals surface area contributed by atoms with Crippen LogP contribution >= 0.6 is 0 Å². The molecule has 4 heteroatoms. The van der Waals surface area contributed by atoms with Crippen LogP contribution in [-0.2, 0) is 0 Å². The number of phenolic OH excluding ortho intramolecular Hbond substituents is 2. The van der Waals surface area contributed by atoms with Crippen LogP contribution in [0.15, 0.2) is 48.5 Å². The van der Waals surface area contributed by atoms with E-state index in [0.29, 0.717) is 22.5 Å². The molecule has 3 rings (SSSR count). The number of para-hydroxylation sites is 1. The van der Waals surface area contributed by atoms with Crippen LogP contribution in [0.2, 0.25) is 0 Å². The minimum atomic E-state index is 0.180. The predicted octanol–water partition coefficient (Wildman–Crippen LogP) is 3.46. The molecule has 3 aromatic rings. The number of aromatic hydroxyl groups is 2.